The van der Waals surface area contributed by atoms with Crippen LogP contribution in [0.25, 0.3) is 0 Å². The minimum Gasteiger partial charge on any atom is -0.374 e. The number of carbonyl (C=O) groups excluding carboxylic acids is 1. The van der Waals surface area contributed by atoms with Crippen LogP contribution in [0.15, 0.2) is 42.5 Å². The Morgan fingerprint density at radius 2 is 1.86 bits per heavy atom. The molecule has 0 aromatic heterocycles. The first-order valence-electron chi connectivity index (χ1n) is 9.70. The Kier molecular flexibility index (Phi) is 6.59. The Hall–Kier alpha value is -2.80. The highest BCUT2D eigenvalue weighted by atomic mass is 35.5. The number of hydrogen-bond donors (Lipinski definition) is 2. The van der Waals surface area contributed by atoms with E-state index in [1.807, 2.05) is 12.1 Å². The number of non-ortho nitro benzene ring substituents is 1. The number of rotatable bonds is 6. The number of nitrogens with one attached hydrogen (secondary N) is 2. The maximum Gasteiger partial charge on any atom is 0.271 e. The lowest BCUT2D eigenvalue weighted by Crippen LogP contribution is -2.33. The zero-order valence-corrected chi connectivity index (χ0v) is 17.3. The van der Waals surface area contributed by atoms with Gasteiger partial charge in [0.1, 0.15) is 6.04 Å². The molecule has 0 unspecified atom stereocenters. The standard InChI is InChI=1S/C21H25ClN4O3/c1-14-9-11-25(12-10-14)17-5-3-16(4-6-17)23-15(2)21(27)24-20-8-7-18(26(28)29)13-19(20)22/h3-8,13-15,23H,9-12H2,1-2H3,(H,24,27)/t15-/m0/s1. The van der Waals surface area contributed by atoms with Crippen molar-refractivity contribution >= 4 is 40.3 Å². The maximum atomic E-state index is 12.5. The molecule has 2 aromatic carbocycles. The highest BCUT2D eigenvalue weighted by molar-refractivity contribution is 6.34. The molecule has 1 heterocycles. The number of nitro groups is 1. The van der Waals surface area contributed by atoms with Crippen molar-refractivity contribution in [3.05, 3.63) is 57.6 Å². The van der Waals surface area contributed by atoms with Crippen LogP contribution < -0.4 is 15.5 Å². The number of benzene rings is 2. The molecule has 2 aromatic rings. The van der Waals surface area contributed by atoms with Gasteiger partial charge in [0, 0.05) is 36.6 Å². The Bertz CT molecular complexity index is 880. The first kappa shape index (κ1) is 20.9. The van der Waals surface area contributed by atoms with E-state index in [0.717, 1.165) is 24.7 Å². The molecule has 7 nitrogen and oxygen atoms in total. The van der Waals surface area contributed by atoms with Crippen LogP contribution >= 0.6 is 11.6 Å². The lowest BCUT2D eigenvalue weighted by molar-refractivity contribution is -0.384. The summed E-state index contributed by atoms with van der Waals surface area (Å²) in [6.07, 6.45) is 2.42. The molecule has 8 heteroatoms. The van der Waals surface area contributed by atoms with Gasteiger partial charge in [0.15, 0.2) is 0 Å². The summed E-state index contributed by atoms with van der Waals surface area (Å²) in [7, 11) is 0. The number of nitro benzene ring substituents is 1. The maximum absolute atomic E-state index is 12.5. The van der Waals surface area contributed by atoms with E-state index in [1.165, 1.54) is 36.7 Å². The van der Waals surface area contributed by atoms with Gasteiger partial charge in [0.2, 0.25) is 5.91 Å². The molecular formula is C21H25ClN4O3. The van der Waals surface area contributed by atoms with Crippen LogP contribution in [-0.4, -0.2) is 30.0 Å². The van der Waals surface area contributed by atoms with E-state index in [9.17, 15) is 14.9 Å². The van der Waals surface area contributed by atoms with Crippen LogP contribution in [0, 0.1) is 16.0 Å². The van der Waals surface area contributed by atoms with Gasteiger partial charge in [-0.05, 0) is 56.0 Å². The molecule has 0 bridgehead atoms. The van der Waals surface area contributed by atoms with Gasteiger partial charge >= 0.3 is 0 Å². The fourth-order valence-electron chi connectivity index (χ4n) is 3.31. The number of hydrogen-bond acceptors (Lipinski definition) is 5. The second-order valence-electron chi connectivity index (χ2n) is 7.49. The Morgan fingerprint density at radius 3 is 2.45 bits per heavy atom. The van der Waals surface area contributed by atoms with E-state index >= 15 is 0 Å². The second kappa shape index (κ2) is 9.13. The first-order chi connectivity index (χ1) is 13.8. The van der Waals surface area contributed by atoms with E-state index in [-0.39, 0.29) is 16.6 Å². The smallest absolute Gasteiger partial charge is 0.271 e. The third-order valence-corrected chi connectivity index (χ3v) is 5.53. The second-order valence-corrected chi connectivity index (χ2v) is 7.90. The van der Waals surface area contributed by atoms with Gasteiger partial charge in [-0.2, -0.15) is 0 Å². The molecule has 0 radical (unpaired) electrons. The molecule has 1 saturated heterocycles. The Labute approximate surface area is 175 Å². The summed E-state index contributed by atoms with van der Waals surface area (Å²) in [6, 6.07) is 11.5. The molecule has 2 N–H and O–H groups in total. The Morgan fingerprint density at radius 1 is 1.21 bits per heavy atom. The molecule has 1 fully saturated rings. The zero-order chi connectivity index (χ0) is 21.0. The van der Waals surface area contributed by atoms with Crippen molar-refractivity contribution in [2.75, 3.05) is 28.6 Å². The van der Waals surface area contributed by atoms with E-state index in [4.69, 9.17) is 11.6 Å². The minimum atomic E-state index is -0.532. The average molecular weight is 417 g/mol. The normalized spacial score (nSPS) is 15.6. The van der Waals surface area contributed by atoms with Gasteiger partial charge in [0.05, 0.1) is 15.6 Å². The van der Waals surface area contributed by atoms with Crippen LogP contribution in [0.4, 0.5) is 22.7 Å². The van der Waals surface area contributed by atoms with Crippen molar-refractivity contribution in [3.63, 3.8) is 0 Å². The first-order valence-corrected chi connectivity index (χ1v) is 10.1. The highest BCUT2D eigenvalue weighted by Crippen LogP contribution is 2.27. The van der Waals surface area contributed by atoms with E-state index in [0.29, 0.717) is 5.69 Å². The number of halogens is 1. The van der Waals surface area contributed by atoms with Gasteiger partial charge in [0.25, 0.3) is 5.69 Å². The summed E-state index contributed by atoms with van der Waals surface area (Å²) in [6.45, 7) is 6.18. The molecule has 1 atom stereocenters. The number of carbonyl (C=O) groups is 1. The van der Waals surface area contributed by atoms with Crippen molar-refractivity contribution in [1.29, 1.82) is 0 Å². The molecule has 0 saturated carbocycles. The third-order valence-electron chi connectivity index (χ3n) is 5.21. The minimum absolute atomic E-state index is 0.123. The lowest BCUT2D eigenvalue weighted by Gasteiger charge is -2.32. The summed E-state index contributed by atoms with van der Waals surface area (Å²) in [4.78, 5) is 25.1. The fourth-order valence-corrected chi connectivity index (χ4v) is 3.53. The molecule has 1 amide bonds. The van der Waals surface area contributed by atoms with Gasteiger partial charge in [-0.3, -0.25) is 14.9 Å². The molecule has 1 aliphatic rings. The molecule has 3 rings (SSSR count). The molecular weight excluding hydrogens is 392 g/mol. The van der Waals surface area contributed by atoms with Crippen molar-refractivity contribution in [1.82, 2.24) is 0 Å². The highest BCUT2D eigenvalue weighted by Gasteiger charge is 2.18. The van der Waals surface area contributed by atoms with Crippen molar-refractivity contribution in [3.8, 4) is 0 Å². The van der Waals surface area contributed by atoms with E-state index in [2.05, 4.69) is 34.6 Å². The van der Waals surface area contributed by atoms with Crippen molar-refractivity contribution in [2.24, 2.45) is 5.92 Å². The largest absolute Gasteiger partial charge is 0.374 e. The molecule has 0 spiro atoms. The van der Waals surface area contributed by atoms with Crippen molar-refractivity contribution in [2.45, 2.75) is 32.7 Å². The van der Waals surface area contributed by atoms with Gasteiger partial charge in [-0.15, -0.1) is 0 Å². The molecule has 29 heavy (non-hydrogen) atoms. The van der Waals surface area contributed by atoms with Crippen LogP contribution in [0.3, 0.4) is 0 Å². The number of anilines is 3. The summed E-state index contributed by atoms with van der Waals surface area (Å²) in [5.41, 5.74) is 2.25. The van der Waals surface area contributed by atoms with Crippen LogP contribution in [0.2, 0.25) is 5.02 Å². The van der Waals surface area contributed by atoms with Gasteiger partial charge in [-0.1, -0.05) is 18.5 Å². The van der Waals surface area contributed by atoms with E-state index < -0.39 is 11.0 Å². The predicted molar refractivity (Wildman–Crippen MR) is 117 cm³/mol. The average Bonchev–Trinajstić information content (AvgIpc) is 2.70. The molecule has 0 aliphatic carbocycles. The van der Waals surface area contributed by atoms with Crippen molar-refractivity contribution < 1.29 is 9.72 Å². The molecule has 1 aliphatic heterocycles. The van der Waals surface area contributed by atoms with Crippen LogP contribution in [0.5, 0.6) is 0 Å². The summed E-state index contributed by atoms with van der Waals surface area (Å²) < 4.78 is 0. The fraction of sp³-hybridized carbons (Fsp3) is 0.381. The monoisotopic (exact) mass is 416 g/mol. The van der Waals surface area contributed by atoms with Gasteiger partial charge < -0.3 is 15.5 Å². The predicted octanol–water partition coefficient (Wildman–Crippen LogP) is 4.92. The summed E-state index contributed by atoms with van der Waals surface area (Å²) in [5.74, 6) is 0.505. The molecule has 154 valence electrons. The van der Waals surface area contributed by atoms with E-state index in [1.54, 1.807) is 6.92 Å². The lowest BCUT2D eigenvalue weighted by atomic mass is 9.99. The van der Waals surface area contributed by atoms with Gasteiger partial charge in [-0.25, -0.2) is 0 Å². The topological polar surface area (TPSA) is 87.5 Å². The zero-order valence-electron chi connectivity index (χ0n) is 16.5. The van der Waals surface area contributed by atoms with Crippen LogP contribution in [-0.2, 0) is 4.79 Å². The number of nitrogens with zero attached hydrogens (tertiary/aromatic N) is 2. The number of amides is 1. The Balaban J connectivity index is 1.57. The third kappa shape index (κ3) is 5.38. The van der Waals surface area contributed by atoms with Crippen LogP contribution in [0.1, 0.15) is 26.7 Å². The SMILES string of the molecule is CC1CCN(c2ccc(N[C@@H](C)C(=O)Nc3ccc([N+](=O)[O-])cc3Cl)cc2)CC1. The summed E-state index contributed by atoms with van der Waals surface area (Å²) in [5, 5.41) is 16.8. The quantitative estimate of drug-likeness (QED) is 0.515. The summed E-state index contributed by atoms with van der Waals surface area (Å²) >= 11 is 6.04. The number of piperidine rings is 1.